The van der Waals surface area contributed by atoms with Crippen molar-refractivity contribution in [1.82, 2.24) is 14.8 Å². The fourth-order valence-electron chi connectivity index (χ4n) is 1.82. The number of aryl methyl sites for hydroxylation is 2. The summed E-state index contributed by atoms with van der Waals surface area (Å²) >= 11 is 1.28. The first-order valence-corrected chi connectivity index (χ1v) is 7.40. The molecule has 1 N–H and O–H groups in total. The number of rotatable bonds is 5. The molecule has 0 radical (unpaired) electrons. The first kappa shape index (κ1) is 14.6. The Morgan fingerprint density at radius 2 is 2.10 bits per heavy atom. The number of aromatic amines is 1. The van der Waals surface area contributed by atoms with Crippen molar-refractivity contribution in [2.45, 2.75) is 32.5 Å². The van der Waals surface area contributed by atoms with E-state index in [-0.39, 0.29) is 17.2 Å². The van der Waals surface area contributed by atoms with E-state index in [0.717, 1.165) is 5.56 Å². The lowest BCUT2D eigenvalue weighted by Crippen LogP contribution is -2.16. The van der Waals surface area contributed by atoms with Crippen LogP contribution in [0.5, 0.6) is 0 Å². The van der Waals surface area contributed by atoms with Gasteiger partial charge in [0.25, 0.3) is 0 Å². The number of thioether (sulfide) groups is 1. The van der Waals surface area contributed by atoms with Gasteiger partial charge in [0.15, 0.2) is 10.9 Å². The van der Waals surface area contributed by atoms with Crippen LogP contribution in [0.4, 0.5) is 0 Å². The number of benzene rings is 1. The third-order valence-corrected chi connectivity index (χ3v) is 4.18. The van der Waals surface area contributed by atoms with Crippen LogP contribution in [0.25, 0.3) is 0 Å². The topological polar surface area (TPSA) is 67.8 Å². The van der Waals surface area contributed by atoms with E-state index < -0.39 is 0 Å². The first-order chi connectivity index (χ1) is 9.52. The number of hydrogen-bond acceptors (Lipinski definition) is 4. The van der Waals surface area contributed by atoms with E-state index in [1.807, 2.05) is 39.0 Å². The summed E-state index contributed by atoms with van der Waals surface area (Å²) in [5, 5.41) is 6.86. The maximum Gasteiger partial charge on any atom is 0.343 e. The average molecular weight is 291 g/mol. The largest absolute Gasteiger partial charge is 0.343 e. The van der Waals surface area contributed by atoms with Gasteiger partial charge < -0.3 is 0 Å². The molecule has 0 amide bonds. The lowest BCUT2D eigenvalue weighted by molar-refractivity contribution is 0.102. The molecule has 2 rings (SSSR count). The second-order valence-electron chi connectivity index (χ2n) is 4.57. The molecule has 5 nitrogen and oxygen atoms in total. The van der Waals surface area contributed by atoms with E-state index >= 15 is 0 Å². The van der Waals surface area contributed by atoms with Crippen LogP contribution in [-0.4, -0.2) is 26.3 Å². The molecule has 1 aromatic carbocycles. The third kappa shape index (κ3) is 3.01. The molecule has 0 unspecified atom stereocenters. The molecule has 20 heavy (non-hydrogen) atoms. The monoisotopic (exact) mass is 291 g/mol. The Bertz CT molecular complexity index is 688. The molecule has 0 atom stereocenters. The van der Waals surface area contributed by atoms with Crippen LogP contribution in [0.15, 0.2) is 28.2 Å². The molecule has 0 fully saturated rings. The molecule has 1 heterocycles. The van der Waals surface area contributed by atoms with Gasteiger partial charge >= 0.3 is 5.69 Å². The maximum absolute atomic E-state index is 12.1. The zero-order chi connectivity index (χ0) is 14.7. The summed E-state index contributed by atoms with van der Waals surface area (Å²) in [6.45, 7) is 6.41. The molecule has 0 bridgehead atoms. The summed E-state index contributed by atoms with van der Waals surface area (Å²) in [7, 11) is 0. The Hall–Kier alpha value is -1.82. The van der Waals surface area contributed by atoms with Gasteiger partial charge in [-0.25, -0.2) is 9.89 Å². The van der Waals surface area contributed by atoms with E-state index in [9.17, 15) is 9.59 Å². The van der Waals surface area contributed by atoms with Gasteiger partial charge in [0, 0.05) is 12.1 Å². The van der Waals surface area contributed by atoms with Crippen molar-refractivity contribution in [3.05, 3.63) is 45.4 Å². The molecule has 0 saturated heterocycles. The third-order valence-electron chi connectivity index (χ3n) is 3.20. The van der Waals surface area contributed by atoms with E-state index in [0.29, 0.717) is 17.3 Å². The maximum atomic E-state index is 12.1. The van der Waals surface area contributed by atoms with Gasteiger partial charge in [-0.15, -0.1) is 5.10 Å². The second kappa shape index (κ2) is 6.09. The normalized spacial score (nSPS) is 10.8. The molecular formula is C14H17N3O2S. The van der Waals surface area contributed by atoms with Crippen LogP contribution in [0.1, 0.15) is 28.4 Å². The smallest absolute Gasteiger partial charge is 0.293 e. The van der Waals surface area contributed by atoms with Crippen molar-refractivity contribution in [3.63, 3.8) is 0 Å². The zero-order valence-corrected chi connectivity index (χ0v) is 12.6. The Balaban J connectivity index is 2.08. The molecule has 2 aromatic rings. The minimum absolute atomic E-state index is 0.0382. The molecule has 0 saturated carbocycles. The number of H-pyrrole nitrogens is 1. The predicted molar refractivity (Wildman–Crippen MR) is 79.5 cm³/mol. The Morgan fingerprint density at radius 1 is 1.35 bits per heavy atom. The van der Waals surface area contributed by atoms with Crippen molar-refractivity contribution in [2.24, 2.45) is 0 Å². The van der Waals surface area contributed by atoms with Gasteiger partial charge in [0.2, 0.25) is 0 Å². The van der Waals surface area contributed by atoms with Crippen LogP contribution in [-0.2, 0) is 6.54 Å². The molecule has 0 aliphatic rings. The standard InChI is InChI=1S/C14H17N3O2S/c1-4-17-13(19)15-16-14(17)20-8-12(18)11-6-5-9(2)10(3)7-11/h5-7H,4,8H2,1-3H3,(H,15,19). The Labute approximate surface area is 121 Å². The minimum atomic E-state index is -0.242. The highest BCUT2D eigenvalue weighted by atomic mass is 32.2. The van der Waals surface area contributed by atoms with Gasteiger partial charge in [0.1, 0.15) is 0 Å². The number of aromatic nitrogens is 3. The van der Waals surface area contributed by atoms with E-state index in [1.54, 1.807) is 0 Å². The molecule has 0 aliphatic heterocycles. The van der Waals surface area contributed by atoms with Crippen molar-refractivity contribution in [3.8, 4) is 0 Å². The SMILES string of the molecule is CCn1c(SCC(=O)c2ccc(C)c(C)c2)n[nH]c1=O. The van der Waals surface area contributed by atoms with Crippen LogP contribution in [0.2, 0.25) is 0 Å². The molecular weight excluding hydrogens is 274 g/mol. The van der Waals surface area contributed by atoms with Gasteiger partial charge in [-0.3, -0.25) is 9.36 Å². The molecule has 106 valence electrons. The van der Waals surface area contributed by atoms with Crippen LogP contribution in [0.3, 0.4) is 0 Å². The summed E-state index contributed by atoms with van der Waals surface area (Å²) in [4.78, 5) is 23.6. The van der Waals surface area contributed by atoms with Crippen molar-refractivity contribution >= 4 is 17.5 Å². The fourth-order valence-corrected chi connectivity index (χ4v) is 2.73. The molecule has 1 aromatic heterocycles. The van der Waals surface area contributed by atoms with E-state index in [4.69, 9.17) is 0 Å². The van der Waals surface area contributed by atoms with Gasteiger partial charge in [-0.2, -0.15) is 0 Å². The van der Waals surface area contributed by atoms with Crippen LogP contribution >= 0.6 is 11.8 Å². The summed E-state index contributed by atoms with van der Waals surface area (Å²) in [6, 6.07) is 5.68. The Kier molecular flexibility index (Phi) is 4.44. The van der Waals surface area contributed by atoms with Gasteiger partial charge in [-0.1, -0.05) is 23.9 Å². The second-order valence-corrected chi connectivity index (χ2v) is 5.51. The summed E-state index contributed by atoms with van der Waals surface area (Å²) in [6.07, 6.45) is 0. The number of hydrogen-bond donors (Lipinski definition) is 1. The first-order valence-electron chi connectivity index (χ1n) is 6.41. The van der Waals surface area contributed by atoms with Crippen molar-refractivity contribution in [2.75, 3.05) is 5.75 Å². The lowest BCUT2D eigenvalue weighted by Gasteiger charge is -2.05. The number of carbonyl (C=O) groups excluding carboxylic acids is 1. The minimum Gasteiger partial charge on any atom is -0.293 e. The van der Waals surface area contributed by atoms with Crippen LogP contribution < -0.4 is 5.69 Å². The Morgan fingerprint density at radius 3 is 2.75 bits per heavy atom. The number of nitrogens with zero attached hydrogens (tertiary/aromatic N) is 2. The predicted octanol–water partition coefficient (Wildman–Crippen LogP) is 2.18. The number of carbonyl (C=O) groups is 1. The molecule has 6 heteroatoms. The van der Waals surface area contributed by atoms with Gasteiger partial charge in [-0.05, 0) is 38.0 Å². The fraction of sp³-hybridized carbons (Fsp3) is 0.357. The number of ketones is 1. The van der Waals surface area contributed by atoms with Crippen molar-refractivity contribution in [1.29, 1.82) is 0 Å². The quantitative estimate of drug-likeness (QED) is 0.677. The highest BCUT2D eigenvalue weighted by Crippen LogP contribution is 2.17. The highest BCUT2D eigenvalue weighted by molar-refractivity contribution is 7.99. The molecule has 0 aliphatic carbocycles. The van der Waals surface area contributed by atoms with E-state index in [2.05, 4.69) is 10.2 Å². The summed E-state index contributed by atoms with van der Waals surface area (Å²) in [5.74, 6) is 0.309. The zero-order valence-electron chi connectivity index (χ0n) is 11.8. The summed E-state index contributed by atoms with van der Waals surface area (Å²) in [5.41, 5.74) is 2.72. The van der Waals surface area contributed by atoms with Crippen molar-refractivity contribution < 1.29 is 4.79 Å². The number of nitrogens with one attached hydrogen (secondary N) is 1. The lowest BCUT2D eigenvalue weighted by atomic mass is 10.0. The van der Waals surface area contributed by atoms with Crippen LogP contribution in [0, 0.1) is 13.8 Å². The molecule has 0 spiro atoms. The summed E-state index contributed by atoms with van der Waals surface area (Å²) < 4.78 is 1.51. The van der Waals surface area contributed by atoms with E-state index in [1.165, 1.54) is 21.9 Å². The van der Waals surface area contributed by atoms with Gasteiger partial charge in [0.05, 0.1) is 5.75 Å². The highest BCUT2D eigenvalue weighted by Gasteiger charge is 2.12. The number of Topliss-reactive ketones (excluding diaryl/α,β-unsaturated/α-hetero) is 1. The average Bonchev–Trinajstić information content (AvgIpc) is 2.79.